The standard InChI is InChI=1S/C23H27N5O5/c1-22(2,3)33-21(31)27-23(4)7-9-28(13-23)19-15(20(29)30)12-26-16(11-24)18(19)14-6-8-25-17(10-14)32-5/h6,8,10,12H,7,9,13H2,1-5H3,(H,27,31)(H,29,30). The summed E-state index contributed by atoms with van der Waals surface area (Å²) in [5.41, 5.74) is 0.0179. The summed E-state index contributed by atoms with van der Waals surface area (Å²) in [5.74, 6) is -0.848. The molecule has 1 aliphatic heterocycles. The van der Waals surface area contributed by atoms with Crippen LogP contribution >= 0.6 is 0 Å². The van der Waals surface area contributed by atoms with Gasteiger partial charge in [-0.15, -0.1) is 0 Å². The van der Waals surface area contributed by atoms with Crippen molar-refractivity contribution >= 4 is 17.7 Å². The number of aromatic carboxylic acids is 1. The van der Waals surface area contributed by atoms with Crippen LogP contribution in [0.15, 0.2) is 24.5 Å². The molecule has 174 valence electrons. The zero-order valence-electron chi connectivity index (χ0n) is 19.3. The van der Waals surface area contributed by atoms with Crippen molar-refractivity contribution in [1.82, 2.24) is 15.3 Å². The molecular weight excluding hydrogens is 426 g/mol. The molecule has 0 aromatic carbocycles. The second kappa shape index (κ2) is 8.94. The number of carboxylic acid groups (broad SMARTS) is 1. The molecule has 1 fully saturated rings. The smallest absolute Gasteiger partial charge is 0.408 e. The molecule has 33 heavy (non-hydrogen) atoms. The van der Waals surface area contributed by atoms with E-state index in [4.69, 9.17) is 9.47 Å². The second-order valence-corrected chi connectivity index (χ2v) is 9.11. The molecular formula is C23H27N5O5. The van der Waals surface area contributed by atoms with Crippen molar-refractivity contribution in [2.24, 2.45) is 0 Å². The number of ether oxygens (including phenoxy) is 2. The number of hydrogen-bond donors (Lipinski definition) is 2. The minimum Gasteiger partial charge on any atom is -0.481 e. The minimum absolute atomic E-state index is 0.0405. The Bertz CT molecular complexity index is 1120. The van der Waals surface area contributed by atoms with E-state index < -0.39 is 23.2 Å². The molecule has 1 amide bonds. The Kier molecular flexibility index (Phi) is 6.44. The van der Waals surface area contributed by atoms with E-state index in [9.17, 15) is 20.0 Å². The van der Waals surface area contributed by atoms with Gasteiger partial charge in [0.1, 0.15) is 22.9 Å². The first kappa shape index (κ1) is 23.8. The monoisotopic (exact) mass is 453 g/mol. The number of anilines is 1. The van der Waals surface area contributed by atoms with Gasteiger partial charge >= 0.3 is 12.1 Å². The number of carboxylic acids is 1. The lowest BCUT2D eigenvalue weighted by Crippen LogP contribution is -2.49. The van der Waals surface area contributed by atoms with Gasteiger partial charge in [-0.25, -0.2) is 19.6 Å². The summed E-state index contributed by atoms with van der Waals surface area (Å²) in [7, 11) is 1.47. The zero-order valence-corrected chi connectivity index (χ0v) is 19.3. The Morgan fingerprint density at radius 1 is 1.33 bits per heavy atom. The largest absolute Gasteiger partial charge is 0.481 e. The number of nitriles is 1. The third kappa shape index (κ3) is 5.31. The molecule has 2 aromatic heterocycles. The molecule has 0 spiro atoms. The van der Waals surface area contributed by atoms with Crippen LogP contribution in [-0.2, 0) is 4.74 Å². The predicted molar refractivity (Wildman–Crippen MR) is 120 cm³/mol. The van der Waals surface area contributed by atoms with Crippen LogP contribution in [0.1, 0.15) is 50.2 Å². The van der Waals surface area contributed by atoms with Gasteiger partial charge in [0.15, 0.2) is 0 Å². The van der Waals surface area contributed by atoms with Crippen LogP contribution in [0.2, 0.25) is 0 Å². The highest BCUT2D eigenvalue weighted by molar-refractivity contribution is 6.00. The highest BCUT2D eigenvalue weighted by Gasteiger charge is 2.39. The molecule has 2 aromatic rings. The van der Waals surface area contributed by atoms with E-state index in [1.54, 1.807) is 32.9 Å². The van der Waals surface area contributed by atoms with Crippen molar-refractivity contribution in [3.8, 4) is 23.1 Å². The fourth-order valence-corrected chi connectivity index (χ4v) is 3.83. The number of nitrogens with zero attached hydrogens (tertiary/aromatic N) is 4. The number of carbonyl (C=O) groups excluding carboxylic acids is 1. The van der Waals surface area contributed by atoms with E-state index in [-0.39, 0.29) is 11.3 Å². The molecule has 1 atom stereocenters. The molecule has 10 nitrogen and oxygen atoms in total. The number of aromatic nitrogens is 2. The molecule has 0 aliphatic carbocycles. The van der Waals surface area contributed by atoms with Crippen LogP contribution in [0.5, 0.6) is 5.88 Å². The molecule has 0 bridgehead atoms. The van der Waals surface area contributed by atoms with Crippen molar-refractivity contribution in [3.05, 3.63) is 35.8 Å². The number of hydrogen-bond acceptors (Lipinski definition) is 8. The van der Waals surface area contributed by atoms with Crippen LogP contribution < -0.4 is 15.0 Å². The molecule has 1 unspecified atom stereocenters. The third-order valence-electron chi connectivity index (χ3n) is 5.21. The number of carbonyl (C=O) groups is 2. The van der Waals surface area contributed by atoms with Crippen LogP contribution in [0.25, 0.3) is 11.1 Å². The second-order valence-electron chi connectivity index (χ2n) is 9.11. The Balaban J connectivity index is 2.06. The summed E-state index contributed by atoms with van der Waals surface area (Å²) in [5, 5.41) is 22.5. The van der Waals surface area contributed by atoms with Crippen LogP contribution in [0.4, 0.5) is 10.5 Å². The van der Waals surface area contributed by atoms with Crippen LogP contribution in [0.3, 0.4) is 0 Å². The summed E-state index contributed by atoms with van der Waals surface area (Å²) in [4.78, 5) is 34.5. The average Bonchev–Trinajstić information content (AvgIpc) is 3.12. The SMILES string of the molecule is COc1cc(-c2c(C#N)ncc(C(=O)O)c2N2CCC(C)(NC(=O)OC(C)(C)C)C2)ccn1. The topological polar surface area (TPSA) is 138 Å². The Labute approximate surface area is 192 Å². The van der Waals surface area contributed by atoms with E-state index in [0.29, 0.717) is 42.2 Å². The van der Waals surface area contributed by atoms with Gasteiger partial charge in [-0.05, 0) is 45.7 Å². The van der Waals surface area contributed by atoms with Gasteiger partial charge in [0.25, 0.3) is 0 Å². The highest BCUT2D eigenvalue weighted by atomic mass is 16.6. The normalized spacial score (nSPS) is 17.9. The predicted octanol–water partition coefficient (Wildman–Crippen LogP) is 3.22. The number of rotatable bonds is 5. The van der Waals surface area contributed by atoms with Crippen molar-refractivity contribution in [2.75, 3.05) is 25.1 Å². The summed E-state index contributed by atoms with van der Waals surface area (Å²) >= 11 is 0. The summed E-state index contributed by atoms with van der Waals surface area (Å²) in [6.07, 6.45) is 2.71. The average molecular weight is 453 g/mol. The zero-order chi connectivity index (χ0) is 24.4. The number of methoxy groups -OCH3 is 1. The lowest BCUT2D eigenvalue weighted by atomic mass is 9.98. The molecule has 10 heteroatoms. The highest BCUT2D eigenvalue weighted by Crippen LogP contribution is 2.40. The molecule has 1 saturated heterocycles. The summed E-state index contributed by atoms with van der Waals surface area (Å²) in [6, 6.07) is 5.36. The molecule has 0 radical (unpaired) electrons. The van der Waals surface area contributed by atoms with E-state index in [2.05, 4.69) is 21.4 Å². The van der Waals surface area contributed by atoms with Crippen LogP contribution in [0, 0.1) is 11.3 Å². The number of alkyl carbamates (subject to hydrolysis) is 1. The van der Waals surface area contributed by atoms with Gasteiger partial charge in [0.05, 0.1) is 18.3 Å². The maximum Gasteiger partial charge on any atom is 0.408 e. The lowest BCUT2D eigenvalue weighted by Gasteiger charge is -2.30. The molecule has 1 aliphatic rings. The summed E-state index contributed by atoms with van der Waals surface area (Å²) < 4.78 is 10.6. The van der Waals surface area contributed by atoms with Crippen molar-refractivity contribution in [3.63, 3.8) is 0 Å². The molecule has 2 N–H and O–H groups in total. The Hall–Kier alpha value is -3.87. The van der Waals surface area contributed by atoms with Crippen molar-refractivity contribution < 1.29 is 24.2 Å². The number of nitrogens with one attached hydrogen (secondary N) is 1. The Morgan fingerprint density at radius 3 is 2.67 bits per heavy atom. The van der Waals surface area contributed by atoms with Crippen molar-refractivity contribution in [1.29, 1.82) is 5.26 Å². The first-order valence-electron chi connectivity index (χ1n) is 10.4. The maximum atomic E-state index is 12.4. The number of amides is 1. The van der Waals surface area contributed by atoms with E-state index in [0.717, 1.165) is 0 Å². The molecule has 3 rings (SSSR count). The van der Waals surface area contributed by atoms with Gasteiger partial charge in [0.2, 0.25) is 5.88 Å². The van der Waals surface area contributed by atoms with E-state index in [1.165, 1.54) is 19.5 Å². The van der Waals surface area contributed by atoms with Crippen LogP contribution in [-0.4, -0.2) is 58.5 Å². The maximum absolute atomic E-state index is 12.4. The quantitative estimate of drug-likeness (QED) is 0.699. The first-order chi connectivity index (χ1) is 15.5. The lowest BCUT2D eigenvalue weighted by molar-refractivity contribution is 0.0472. The fourth-order valence-electron chi connectivity index (χ4n) is 3.83. The fraction of sp³-hybridized carbons (Fsp3) is 0.435. The molecule has 0 saturated carbocycles. The first-order valence-corrected chi connectivity index (χ1v) is 10.4. The van der Waals surface area contributed by atoms with Gasteiger partial charge in [-0.3, -0.25) is 0 Å². The Morgan fingerprint density at radius 2 is 2.06 bits per heavy atom. The van der Waals surface area contributed by atoms with Gasteiger partial charge in [-0.2, -0.15) is 5.26 Å². The molecule has 3 heterocycles. The summed E-state index contributed by atoms with van der Waals surface area (Å²) in [6.45, 7) is 7.99. The van der Waals surface area contributed by atoms with Gasteiger partial charge in [-0.1, -0.05) is 0 Å². The third-order valence-corrected chi connectivity index (χ3v) is 5.21. The van der Waals surface area contributed by atoms with Crippen molar-refractivity contribution in [2.45, 2.75) is 45.3 Å². The van der Waals surface area contributed by atoms with E-state index in [1.807, 2.05) is 11.8 Å². The van der Waals surface area contributed by atoms with Gasteiger partial charge < -0.3 is 24.8 Å². The van der Waals surface area contributed by atoms with E-state index >= 15 is 0 Å². The number of pyridine rings is 2. The minimum atomic E-state index is -1.17. The van der Waals surface area contributed by atoms with Gasteiger partial charge in [0, 0.05) is 37.1 Å².